The fraction of sp³-hybridized carbons (Fsp3) is 0.429. The van der Waals surface area contributed by atoms with Gasteiger partial charge >= 0.3 is 0 Å². The molecule has 0 aliphatic carbocycles. The predicted octanol–water partition coefficient (Wildman–Crippen LogP) is 2.69. The summed E-state index contributed by atoms with van der Waals surface area (Å²) in [6, 6.07) is 13.0. The number of likely N-dealkylation sites (N-methyl/N-ethyl adjacent to an activating group) is 1. The number of nitro groups is 1. The molecule has 1 aliphatic rings. The van der Waals surface area contributed by atoms with Crippen LogP contribution in [0.15, 0.2) is 53.4 Å². The number of nitro benzene ring substituents is 1. The van der Waals surface area contributed by atoms with Crippen LogP contribution in [0.1, 0.15) is 18.5 Å². The first kappa shape index (κ1) is 23.1. The van der Waals surface area contributed by atoms with E-state index in [1.54, 1.807) is 36.4 Å². The molecule has 0 N–H and O–H groups in total. The number of non-ortho nitro benzene ring substituents is 1. The van der Waals surface area contributed by atoms with Crippen molar-refractivity contribution < 1.29 is 22.8 Å². The maximum Gasteiger partial charge on any atom is 0.269 e. The SMILES string of the molecule is CC(c1cccc([N+](=O)[O-])c1)N(C)CCOc1ccc(S(=O)(=O)N2CCOCC2)cc1. The summed E-state index contributed by atoms with van der Waals surface area (Å²) in [5.41, 5.74) is 0.926. The normalized spacial score (nSPS) is 16.2. The number of sulfonamides is 1. The van der Waals surface area contributed by atoms with Gasteiger partial charge in [0.25, 0.3) is 5.69 Å². The number of benzene rings is 2. The Morgan fingerprint density at radius 3 is 2.52 bits per heavy atom. The van der Waals surface area contributed by atoms with Crippen molar-refractivity contribution in [3.8, 4) is 5.75 Å². The summed E-state index contributed by atoms with van der Waals surface area (Å²) in [5, 5.41) is 11.0. The van der Waals surface area contributed by atoms with Gasteiger partial charge in [-0.05, 0) is 43.8 Å². The Kier molecular flexibility index (Phi) is 7.60. The molecule has 10 heteroatoms. The van der Waals surface area contributed by atoms with E-state index in [-0.39, 0.29) is 16.6 Å². The van der Waals surface area contributed by atoms with Gasteiger partial charge in [0.1, 0.15) is 12.4 Å². The molecule has 0 aromatic heterocycles. The topological polar surface area (TPSA) is 102 Å². The lowest BCUT2D eigenvalue weighted by Gasteiger charge is -2.26. The Balaban J connectivity index is 1.53. The first-order valence-corrected chi connectivity index (χ1v) is 11.5. The maximum atomic E-state index is 12.7. The summed E-state index contributed by atoms with van der Waals surface area (Å²) in [6.07, 6.45) is 0. The van der Waals surface area contributed by atoms with Crippen molar-refractivity contribution in [1.82, 2.24) is 9.21 Å². The number of rotatable bonds is 9. The van der Waals surface area contributed by atoms with Gasteiger partial charge in [0.15, 0.2) is 0 Å². The van der Waals surface area contributed by atoms with Crippen molar-refractivity contribution in [1.29, 1.82) is 0 Å². The zero-order valence-corrected chi connectivity index (χ0v) is 18.5. The third kappa shape index (κ3) is 5.79. The molecule has 1 atom stereocenters. The van der Waals surface area contributed by atoms with Crippen molar-refractivity contribution in [3.05, 3.63) is 64.2 Å². The summed E-state index contributed by atoms with van der Waals surface area (Å²) in [6.45, 7) is 4.49. The van der Waals surface area contributed by atoms with Crippen molar-refractivity contribution in [2.24, 2.45) is 0 Å². The molecule has 2 aromatic rings. The first-order valence-electron chi connectivity index (χ1n) is 10.0. The van der Waals surface area contributed by atoms with Gasteiger partial charge in [0, 0.05) is 37.8 Å². The molecule has 1 aliphatic heterocycles. The third-order valence-electron chi connectivity index (χ3n) is 5.37. The highest BCUT2D eigenvalue weighted by Gasteiger charge is 2.26. The smallest absolute Gasteiger partial charge is 0.269 e. The lowest BCUT2D eigenvalue weighted by Crippen LogP contribution is -2.40. The third-order valence-corrected chi connectivity index (χ3v) is 7.28. The molecular weight excluding hydrogens is 422 g/mol. The average molecular weight is 450 g/mol. The highest BCUT2D eigenvalue weighted by molar-refractivity contribution is 7.89. The minimum Gasteiger partial charge on any atom is -0.492 e. The number of hydrogen-bond donors (Lipinski definition) is 0. The zero-order valence-electron chi connectivity index (χ0n) is 17.6. The maximum absolute atomic E-state index is 12.7. The molecular formula is C21H27N3O6S. The Morgan fingerprint density at radius 1 is 1.19 bits per heavy atom. The van der Waals surface area contributed by atoms with E-state index in [0.717, 1.165) is 5.56 Å². The highest BCUT2D eigenvalue weighted by atomic mass is 32.2. The van der Waals surface area contributed by atoms with Crippen LogP contribution in [0.25, 0.3) is 0 Å². The highest BCUT2D eigenvalue weighted by Crippen LogP contribution is 2.23. The molecule has 1 heterocycles. The van der Waals surface area contributed by atoms with E-state index in [9.17, 15) is 18.5 Å². The Morgan fingerprint density at radius 2 is 1.87 bits per heavy atom. The van der Waals surface area contributed by atoms with Crippen molar-refractivity contribution in [2.45, 2.75) is 17.9 Å². The first-order chi connectivity index (χ1) is 14.8. The van der Waals surface area contributed by atoms with E-state index in [0.29, 0.717) is 45.2 Å². The second-order valence-electron chi connectivity index (χ2n) is 7.35. The molecule has 3 rings (SSSR count). The summed E-state index contributed by atoms with van der Waals surface area (Å²) < 4.78 is 37.7. The van der Waals surface area contributed by atoms with E-state index >= 15 is 0 Å². The molecule has 9 nitrogen and oxygen atoms in total. The van der Waals surface area contributed by atoms with Crippen LogP contribution in [-0.2, 0) is 14.8 Å². The van der Waals surface area contributed by atoms with Gasteiger partial charge in [-0.2, -0.15) is 4.31 Å². The van der Waals surface area contributed by atoms with Gasteiger partial charge < -0.3 is 9.47 Å². The molecule has 1 fully saturated rings. The van der Waals surface area contributed by atoms with Gasteiger partial charge in [-0.3, -0.25) is 15.0 Å². The predicted molar refractivity (Wildman–Crippen MR) is 116 cm³/mol. The van der Waals surface area contributed by atoms with Gasteiger partial charge in [0.2, 0.25) is 10.0 Å². The summed E-state index contributed by atoms with van der Waals surface area (Å²) >= 11 is 0. The average Bonchev–Trinajstić information content (AvgIpc) is 2.79. The van der Waals surface area contributed by atoms with Crippen molar-refractivity contribution >= 4 is 15.7 Å². The Hall–Kier alpha value is -2.53. The minimum atomic E-state index is -3.52. The van der Waals surface area contributed by atoms with E-state index in [2.05, 4.69) is 0 Å². The van der Waals surface area contributed by atoms with Crippen LogP contribution in [0.3, 0.4) is 0 Å². The molecule has 1 saturated heterocycles. The molecule has 0 radical (unpaired) electrons. The van der Waals surface area contributed by atoms with Crippen LogP contribution in [0.5, 0.6) is 5.75 Å². The van der Waals surface area contributed by atoms with Crippen molar-refractivity contribution in [2.75, 3.05) is 46.5 Å². The standard InChI is InChI=1S/C21H27N3O6S/c1-17(18-4-3-5-19(16-18)24(25)26)22(2)10-15-30-20-6-8-21(9-7-20)31(27,28)23-11-13-29-14-12-23/h3-9,16-17H,10-15H2,1-2H3. The lowest BCUT2D eigenvalue weighted by molar-refractivity contribution is -0.384. The fourth-order valence-electron chi connectivity index (χ4n) is 3.30. The summed E-state index contributed by atoms with van der Waals surface area (Å²) in [7, 11) is -1.60. The molecule has 0 bridgehead atoms. The van der Waals surface area contributed by atoms with Crippen LogP contribution < -0.4 is 4.74 Å². The van der Waals surface area contributed by atoms with E-state index in [4.69, 9.17) is 9.47 Å². The molecule has 1 unspecified atom stereocenters. The number of morpholine rings is 1. The Labute approximate surface area is 182 Å². The second-order valence-corrected chi connectivity index (χ2v) is 9.28. The van der Waals surface area contributed by atoms with Gasteiger partial charge in [-0.1, -0.05) is 12.1 Å². The van der Waals surface area contributed by atoms with E-state index < -0.39 is 14.9 Å². The minimum absolute atomic E-state index is 0.0236. The molecule has 0 amide bonds. The van der Waals surface area contributed by atoms with Crippen LogP contribution in [0, 0.1) is 10.1 Å². The summed E-state index contributed by atoms with van der Waals surface area (Å²) in [4.78, 5) is 12.8. The van der Waals surface area contributed by atoms with Crippen LogP contribution >= 0.6 is 0 Å². The van der Waals surface area contributed by atoms with E-state index in [1.807, 2.05) is 24.9 Å². The zero-order chi connectivity index (χ0) is 22.4. The second kappa shape index (κ2) is 10.2. The fourth-order valence-corrected chi connectivity index (χ4v) is 4.71. The van der Waals surface area contributed by atoms with Crippen LogP contribution in [-0.4, -0.2) is 69.0 Å². The Bertz CT molecular complexity index is 990. The van der Waals surface area contributed by atoms with Gasteiger partial charge in [0.05, 0.1) is 23.0 Å². The molecule has 31 heavy (non-hydrogen) atoms. The number of ether oxygens (including phenoxy) is 2. The number of nitrogens with zero attached hydrogens (tertiary/aromatic N) is 3. The van der Waals surface area contributed by atoms with Gasteiger partial charge in [-0.15, -0.1) is 0 Å². The van der Waals surface area contributed by atoms with Crippen LogP contribution in [0.4, 0.5) is 5.69 Å². The molecule has 0 spiro atoms. The van der Waals surface area contributed by atoms with Crippen LogP contribution in [0.2, 0.25) is 0 Å². The van der Waals surface area contributed by atoms with Gasteiger partial charge in [-0.25, -0.2) is 8.42 Å². The number of hydrogen-bond acceptors (Lipinski definition) is 7. The summed E-state index contributed by atoms with van der Waals surface area (Å²) in [5.74, 6) is 0.581. The quantitative estimate of drug-likeness (QED) is 0.428. The lowest BCUT2D eigenvalue weighted by atomic mass is 10.1. The monoisotopic (exact) mass is 449 g/mol. The molecule has 168 valence electrons. The van der Waals surface area contributed by atoms with Crippen molar-refractivity contribution in [3.63, 3.8) is 0 Å². The molecule has 2 aromatic carbocycles. The van der Waals surface area contributed by atoms with E-state index in [1.165, 1.54) is 10.4 Å². The largest absolute Gasteiger partial charge is 0.492 e. The molecule has 0 saturated carbocycles.